The highest BCUT2D eigenvalue weighted by Gasteiger charge is 2.32. The van der Waals surface area contributed by atoms with Gasteiger partial charge in [-0.2, -0.15) is 0 Å². The first-order valence-corrected chi connectivity index (χ1v) is 8.03. The average Bonchev–Trinajstić information content (AvgIpc) is 3.19. The van der Waals surface area contributed by atoms with Crippen LogP contribution in [0.4, 0.5) is 5.69 Å². The third-order valence-corrected chi connectivity index (χ3v) is 4.29. The van der Waals surface area contributed by atoms with Crippen LogP contribution in [0.15, 0.2) is 24.3 Å². The van der Waals surface area contributed by atoms with E-state index in [1.165, 1.54) is 6.92 Å². The molecule has 0 unspecified atom stereocenters. The van der Waals surface area contributed by atoms with Crippen LogP contribution in [0, 0.1) is 0 Å². The maximum Gasteiger partial charge on any atom is 0.251 e. The Balaban J connectivity index is 1.60. The lowest BCUT2D eigenvalue weighted by molar-refractivity contribution is -0.134. The van der Waals surface area contributed by atoms with Crippen LogP contribution < -0.4 is 10.6 Å². The van der Waals surface area contributed by atoms with E-state index in [4.69, 9.17) is 0 Å². The largest absolute Gasteiger partial charge is 0.349 e. The summed E-state index contributed by atoms with van der Waals surface area (Å²) in [5.74, 6) is -0.327. The van der Waals surface area contributed by atoms with Gasteiger partial charge in [0.1, 0.15) is 6.04 Å². The topological polar surface area (TPSA) is 78.5 Å². The van der Waals surface area contributed by atoms with E-state index in [1.54, 1.807) is 29.2 Å². The molecule has 6 heteroatoms. The molecule has 1 aromatic rings. The number of anilines is 1. The highest BCUT2D eigenvalue weighted by Crippen LogP contribution is 2.21. The molecule has 1 heterocycles. The number of likely N-dealkylation sites (tertiary alicyclic amines) is 1. The van der Waals surface area contributed by atoms with E-state index in [0.717, 1.165) is 19.3 Å². The molecule has 0 spiro atoms. The molecule has 2 fully saturated rings. The molecule has 122 valence electrons. The highest BCUT2D eigenvalue weighted by molar-refractivity contribution is 5.98. The predicted molar refractivity (Wildman–Crippen MR) is 86.0 cm³/mol. The van der Waals surface area contributed by atoms with E-state index in [-0.39, 0.29) is 17.7 Å². The first-order valence-electron chi connectivity index (χ1n) is 8.03. The number of carbonyl (C=O) groups excluding carboxylic acids is 3. The first kappa shape index (κ1) is 15.5. The number of hydrogen-bond donors (Lipinski definition) is 2. The Hall–Kier alpha value is -2.37. The summed E-state index contributed by atoms with van der Waals surface area (Å²) in [5, 5.41) is 5.75. The van der Waals surface area contributed by atoms with E-state index in [9.17, 15) is 14.4 Å². The Morgan fingerprint density at radius 2 is 1.78 bits per heavy atom. The van der Waals surface area contributed by atoms with E-state index in [1.807, 2.05) is 0 Å². The van der Waals surface area contributed by atoms with Crippen molar-refractivity contribution in [3.63, 3.8) is 0 Å². The average molecular weight is 315 g/mol. The van der Waals surface area contributed by atoms with Crippen molar-refractivity contribution in [3.05, 3.63) is 29.8 Å². The third kappa shape index (κ3) is 3.70. The molecule has 2 aliphatic rings. The van der Waals surface area contributed by atoms with Gasteiger partial charge in [0.25, 0.3) is 5.91 Å². The fraction of sp³-hybridized carbons (Fsp3) is 0.471. The molecule has 1 saturated heterocycles. The van der Waals surface area contributed by atoms with E-state index in [0.29, 0.717) is 30.3 Å². The van der Waals surface area contributed by atoms with Gasteiger partial charge in [-0.1, -0.05) is 0 Å². The number of carbonyl (C=O) groups is 3. The summed E-state index contributed by atoms with van der Waals surface area (Å²) < 4.78 is 0. The van der Waals surface area contributed by atoms with Gasteiger partial charge in [0, 0.05) is 30.8 Å². The van der Waals surface area contributed by atoms with Crippen LogP contribution in [-0.4, -0.2) is 41.2 Å². The summed E-state index contributed by atoms with van der Waals surface area (Å²) in [6.45, 7) is 2.12. The molecule has 23 heavy (non-hydrogen) atoms. The first-order chi connectivity index (χ1) is 11.0. The number of nitrogens with one attached hydrogen (secondary N) is 2. The van der Waals surface area contributed by atoms with Crippen molar-refractivity contribution in [1.29, 1.82) is 0 Å². The van der Waals surface area contributed by atoms with E-state index >= 15 is 0 Å². The lowest BCUT2D eigenvalue weighted by atomic mass is 10.1. The van der Waals surface area contributed by atoms with Crippen LogP contribution in [-0.2, 0) is 9.59 Å². The molecule has 0 radical (unpaired) electrons. The maximum atomic E-state index is 12.3. The summed E-state index contributed by atoms with van der Waals surface area (Å²) in [5.41, 5.74) is 1.22. The van der Waals surface area contributed by atoms with Crippen molar-refractivity contribution in [3.8, 4) is 0 Å². The van der Waals surface area contributed by atoms with Crippen LogP contribution in [0.5, 0.6) is 0 Å². The van der Waals surface area contributed by atoms with Crippen molar-refractivity contribution in [2.45, 2.75) is 44.7 Å². The molecular weight excluding hydrogens is 294 g/mol. The molecule has 0 aromatic heterocycles. The smallest absolute Gasteiger partial charge is 0.251 e. The van der Waals surface area contributed by atoms with Crippen molar-refractivity contribution in [2.75, 3.05) is 11.9 Å². The number of amides is 3. The van der Waals surface area contributed by atoms with Crippen molar-refractivity contribution in [1.82, 2.24) is 10.2 Å². The van der Waals surface area contributed by atoms with Crippen molar-refractivity contribution in [2.24, 2.45) is 0 Å². The number of benzene rings is 1. The Kier molecular flexibility index (Phi) is 4.32. The summed E-state index contributed by atoms with van der Waals surface area (Å²) in [6.07, 6.45) is 3.63. The van der Waals surface area contributed by atoms with Gasteiger partial charge in [0.2, 0.25) is 11.8 Å². The Labute approximate surface area is 135 Å². The second-order valence-corrected chi connectivity index (χ2v) is 6.18. The normalized spacial score (nSPS) is 20.2. The summed E-state index contributed by atoms with van der Waals surface area (Å²) in [4.78, 5) is 37.4. The minimum absolute atomic E-state index is 0.0743. The van der Waals surface area contributed by atoms with E-state index < -0.39 is 6.04 Å². The second-order valence-electron chi connectivity index (χ2n) is 6.18. The summed E-state index contributed by atoms with van der Waals surface area (Å²) in [6, 6.07) is 6.75. The Morgan fingerprint density at radius 1 is 1.09 bits per heavy atom. The van der Waals surface area contributed by atoms with E-state index in [2.05, 4.69) is 10.6 Å². The number of hydrogen-bond acceptors (Lipinski definition) is 3. The molecule has 1 aliphatic heterocycles. The van der Waals surface area contributed by atoms with Crippen molar-refractivity contribution < 1.29 is 14.4 Å². The zero-order valence-electron chi connectivity index (χ0n) is 13.2. The molecule has 1 aliphatic carbocycles. The van der Waals surface area contributed by atoms with Gasteiger partial charge in [0.15, 0.2) is 0 Å². The molecule has 6 nitrogen and oxygen atoms in total. The van der Waals surface area contributed by atoms with Crippen LogP contribution in [0.25, 0.3) is 0 Å². The molecule has 0 bridgehead atoms. The van der Waals surface area contributed by atoms with Gasteiger partial charge in [-0.3, -0.25) is 14.4 Å². The quantitative estimate of drug-likeness (QED) is 0.884. The number of rotatable bonds is 4. The zero-order chi connectivity index (χ0) is 16.4. The summed E-state index contributed by atoms with van der Waals surface area (Å²) >= 11 is 0. The molecular formula is C17H21N3O3. The SMILES string of the molecule is CC(=O)N1CCC[C@H]1C(=O)Nc1ccc(C(=O)NC2CC2)cc1. The second kappa shape index (κ2) is 6.40. The summed E-state index contributed by atoms with van der Waals surface area (Å²) in [7, 11) is 0. The third-order valence-electron chi connectivity index (χ3n) is 4.29. The molecule has 3 amide bonds. The fourth-order valence-corrected chi connectivity index (χ4v) is 2.84. The van der Waals surface area contributed by atoms with Gasteiger partial charge in [-0.05, 0) is 49.9 Å². The van der Waals surface area contributed by atoms with Gasteiger partial charge in [-0.25, -0.2) is 0 Å². The minimum Gasteiger partial charge on any atom is -0.349 e. The standard InChI is InChI=1S/C17H21N3O3/c1-11(21)20-10-2-3-15(20)17(23)19-13-6-4-12(5-7-13)16(22)18-14-8-9-14/h4-7,14-15H,2-3,8-10H2,1H3,(H,18,22)(H,19,23)/t15-/m0/s1. The molecule has 1 atom stereocenters. The van der Waals surface area contributed by atoms with Crippen LogP contribution in [0.2, 0.25) is 0 Å². The lowest BCUT2D eigenvalue weighted by Gasteiger charge is -2.22. The minimum atomic E-state index is -0.398. The predicted octanol–water partition coefficient (Wildman–Crippen LogP) is 1.53. The molecule has 1 aromatic carbocycles. The Bertz CT molecular complexity index is 622. The van der Waals surface area contributed by atoms with Gasteiger partial charge >= 0.3 is 0 Å². The van der Waals surface area contributed by atoms with Crippen LogP contribution >= 0.6 is 0 Å². The van der Waals surface area contributed by atoms with Gasteiger partial charge in [-0.15, -0.1) is 0 Å². The monoisotopic (exact) mass is 315 g/mol. The van der Waals surface area contributed by atoms with Crippen molar-refractivity contribution >= 4 is 23.4 Å². The highest BCUT2D eigenvalue weighted by atomic mass is 16.2. The molecule has 1 saturated carbocycles. The molecule has 3 rings (SSSR count). The zero-order valence-corrected chi connectivity index (χ0v) is 13.2. The van der Waals surface area contributed by atoms with Gasteiger partial charge in [0.05, 0.1) is 0 Å². The fourth-order valence-electron chi connectivity index (χ4n) is 2.84. The lowest BCUT2D eigenvalue weighted by Crippen LogP contribution is -2.42. The Morgan fingerprint density at radius 3 is 2.39 bits per heavy atom. The number of nitrogens with zero attached hydrogens (tertiary/aromatic N) is 1. The van der Waals surface area contributed by atoms with Crippen LogP contribution in [0.3, 0.4) is 0 Å². The van der Waals surface area contributed by atoms with Crippen LogP contribution in [0.1, 0.15) is 43.0 Å². The molecule has 2 N–H and O–H groups in total. The maximum absolute atomic E-state index is 12.3. The van der Waals surface area contributed by atoms with Gasteiger partial charge < -0.3 is 15.5 Å².